The van der Waals surface area contributed by atoms with Gasteiger partial charge < -0.3 is 9.64 Å². The second kappa shape index (κ2) is 6.67. The molecule has 3 atom stereocenters. The fourth-order valence-electron chi connectivity index (χ4n) is 4.63. The maximum absolute atomic E-state index is 14.2. The van der Waals surface area contributed by atoms with Gasteiger partial charge in [-0.05, 0) is 31.4 Å². The van der Waals surface area contributed by atoms with E-state index in [1.807, 2.05) is 5.38 Å². The van der Waals surface area contributed by atoms with E-state index in [0.29, 0.717) is 19.3 Å². The highest BCUT2D eigenvalue weighted by Gasteiger charge is 2.62. The molecule has 2 fully saturated rings. The Morgan fingerprint density at radius 3 is 2.89 bits per heavy atom. The van der Waals surface area contributed by atoms with Crippen LogP contribution < -0.4 is 0 Å². The Hall–Kier alpha value is -2.35. The standard InChI is InChI=1S/C19H18F2N2O3S/c1-26-18(25)19(7-11-9-27-10-22-11)8-12-5-6-15(19)23(12)17(24)13-3-2-4-14(20)16(13)21/h2-4,9-10,12,15H,5-8H2,1H3/t12-,15+,19+/m1/s1. The number of amides is 1. The summed E-state index contributed by atoms with van der Waals surface area (Å²) in [6, 6.07) is 2.94. The predicted octanol–water partition coefficient (Wildman–Crippen LogP) is 3.20. The quantitative estimate of drug-likeness (QED) is 0.750. The molecule has 0 saturated carbocycles. The van der Waals surface area contributed by atoms with Crippen LogP contribution >= 0.6 is 11.3 Å². The number of esters is 1. The van der Waals surface area contributed by atoms with Gasteiger partial charge >= 0.3 is 5.97 Å². The number of rotatable bonds is 4. The van der Waals surface area contributed by atoms with Crippen molar-refractivity contribution < 1.29 is 23.1 Å². The number of carbonyl (C=O) groups is 2. The SMILES string of the molecule is COC(=O)[C@@]1(Cc2cscn2)C[C@H]2CC[C@@H]1N2C(=O)c1cccc(F)c1F. The van der Waals surface area contributed by atoms with E-state index in [1.165, 1.54) is 30.6 Å². The molecule has 2 aliphatic rings. The van der Waals surface area contributed by atoms with Crippen LogP contribution in [-0.2, 0) is 16.0 Å². The first-order valence-corrected chi connectivity index (χ1v) is 9.64. The molecule has 2 aromatic rings. The molecule has 2 saturated heterocycles. The van der Waals surface area contributed by atoms with E-state index in [-0.39, 0.29) is 17.6 Å². The lowest BCUT2D eigenvalue weighted by Crippen LogP contribution is -2.47. The number of benzene rings is 1. The van der Waals surface area contributed by atoms with Crippen LogP contribution in [0.5, 0.6) is 0 Å². The highest BCUT2D eigenvalue weighted by molar-refractivity contribution is 7.07. The second-order valence-electron chi connectivity index (χ2n) is 7.07. The Balaban J connectivity index is 1.71. The van der Waals surface area contributed by atoms with Gasteiger partial charge in [-0.2, -0.15) is 0 Å². The highest BCUT2D eigenvalue weighted by atomic mass is 32.1. The number of halogens is 2. The number of aromatic nitrogens is 1. The summed E-state index contributed by atoms with van der Waals surface area (Å²) in [7, 11) is 1.33. The number of carbonyl (C=O) groups excluding carboxylic acids is 2. The van der Waals surface area contributed by atoms with Crippen molar-refractivity contribution >= 4 is 23.2 Å². The van der Waals surface area contributed by atoms with E-state index < -0.39 is 29.0 Å². The van der Waals surface area contributed by atoms with E-state index in [0.717, 1.165) is 18.2 Å². The van der Waals surface area contributed by atoms with Crippen LogP contribution in [0.4, 0.5) is 8.78 Å². The van der Waals surface area contributed by atoms with Crippen molar-refractivity contribution in [3.63, 3.8) is 0 Å². The number of hydrogen-bond donors (Lipinski definition) is 0. The lowest BCUT2D eigenvalue weighted by Gasteiger charge is -2.34. The van der Waals surface area contributed by atoms with Crippen LogP contribution in [0.2, 0.25) is 0 Å². The van der Waals surface area contributed by atoms with Gasteiger partial charge in [0, 0.05) is 23.9 Å². The van der Waals surface area contributed by atoms with Crippen LogP contribution in [0.15, 0.2) is 29.1 Å². The third kappa shape index (κ3) is 2.74. The number of hydrogen-bond acceptors (Lipinski definition) is 5. The van der Waals surface area contributed by atoms with Crippen LogP contribution in [-0.4, -0.2) is 41.0 Å². The van der Waals surface area contributed by atoms with Gasteiger partial charge in [0.2, 0.25) is 0 Å². The Bertz CT molecular complexity index is 889. The van der Waals surface area contributed by atoms with E-state index in [9.17, 15) is 18.4 Å². The highest BCUT2D eigenvalue weighted by Crippen LogP contribution is 2.52. The molecular formula is C19H18F2N2O3S. The average Bonchev–Trinajstić information content (AvgIpc) is 3.38. The fourth-order valence-corrected chi connectivity index (χ4v) is 5.19. The van der Waals surface area contributed by atoms with E-state index in [4.69, 9.17) is 4.74 Å². The minimum atomic E-state index is -1.16. The summed E-state index contributed by atoms with van der Waals surface area (Å²) in [5.41, 5.74) is 1.24. The van der Waals surface area contributed by atoms with Crippen molar-refractivity contribution in [3.8, 4) is 0 Å². The molecule has 2 bridgehead atoms. The number of methoxy groups -OCH3 is 1. The van der Waals surface area contributed by atoms with Gasteiger partial charge in [-0.15, -0.1) is 11.3 Å². The van der Waals surface area contributed by atoms with Gasteiger partial charge in [-0.25, -0.2) is 13.8 Å². The van der Waals surface area contributed by atoms with E-state index in [2.05, 4.69) is 4.98 Å². The van der Waals surface area contributed by atoms with Gasteiger partial charge in [0.05, 0.1) is 29.3 Å². The van der Waals surface area contributed by atoms with Crippen molar-refractivity contribution in [2.24, 2.45) is 5.41 Å². The van der Waals surface area contributed by atoms with Crippen LogP contribution in [0.3, 0.4) is 0 Å². The molecule has 0 aliphatic carbocycles. The molecular weight excluding hydrogens is 374 g/mol. The third-order valence-corrected chi connectivity index (χ3v) is 6.36. The van der Waals surface area contributed by atoms with E-state index in [1.54, 1.807) is 10.4 Å². The first-order chi connectivity index (χ1) is 13.0. The molecule has 0 radical (unpaired) electrons. The topological polar surface area (TPSA) is 59.5 Å². The lowest BCUT2D eigenvalue weighted by molar-refractivity contribution is -0.154. The number of fused-ring (bicyclic) bond motifs is 2. The van der Waals surface area contributed by atoms with Crippen molar-refractivity contribution in [2.75, 3.05) is 7.11 Å². The van der Waals surface area contributed by atoms with Crippen molar-refractivity contribution in [1.82, 2.24) is 9.88 Å². The summed E-state index contributed by atoms with van der Waals surface area (Å²) in [4.78, 5) is 31.6. The molecule has 1 aromatic carbocycles. The monoisotopic (exact) mass is 392 g/mol. The van der Waals surface area contributed by atoms with Crippen LogP contribution in [0.1, 0.15) is 35.3 Å². The Morgan fingerprint density at radius 1 is 1.37 bits per heavy atom. The average molecular weight is 392 g/mol. The van der Waals surface area contributed by atoms with Gasteiger partial charge in [-0.3, -0.25) is 9.59 Å². The molecule has 142 valence electrons. The molecule has 4 rings (SSSR count). The van der Waals surface area contributed by atoms with Gasteiger partial charge in [0.25, 0.3) is 5.91 Å². The molecule has 27 heavy (non-hydrogen) atoms. The summed E-state index contributed by atoms with van der Waals surface area (Å²) < 4.78 is 32.9. The van der Waals surface area contributed by atoms with Crippen molar-refractivity contribution in [1.29, 1.82) is 0 Å². The van der Waals surface area contributed by atoms with Crippen LogP contribution in [0, 0.1) is 17.0 Å². The molecule has 8 heteroatoms. The molecule has 3 heterocycles. The smallest absolute Gasteiger partial charge is 0.314 e. The molecule has 0 unspecified atom stereocenters. The summed E-state index contributed by atoms with van der Waals surface area (Å²) in [6.07, 6.45) is 2.14. The number of ether oxygens (including phenoxy) is 1. The first kappa shape index (κ1) is 18.0. The minimum absolute atomic E-state index is 0.206. The van der Waals surface area contributed by atoms with Crippen molar-refractivity contribution in [2.45, 2.75) is 37.8 Å². The summed E-state index contributed by atoms with van der Waals surface area (Å²) in [5, 5.41) is 1.87. The zero-order valence-electron chi connectivity index (χ0n) is 14.7. The number of nitrogens with zero attached hydrogens (tertiary/aromatic N) is 2. The molecule has 2 aliphatic heterocycles. The third-order valence-electron chi connectivity index (χ3n) is 5.73. The van der Waals surface area contributed by atoms with Gasteiger partial charge in [-0.1, -0.05) is 6.07 Å². The zero-order valence-corrected chi connectivity index (χ0v) is 15.5. The number of thiazole rings is 1. The lowest BCUT2D eigenvalue weighted by atomic mass is 9.71. The second-order valence-corrected chi connectivity index (χ2v) is 7.79. The maximum Gasteiger partial charge on any atom is 0.314 e. The summed E-state index contributed by atoms with van der Waals surface area (Å²) in [5.74, 6) is -3.19. The van der Waals surface area contributed by atoms with Crippen LogP contribution in [0.25, 0.3) is 0 Å². The van der Waals surface area contributed by atoms with Crippen molar-refractivity contribution in [3.05, 3.63) is 52.0 Å². The Kier molecular flexibility index (Phi) is 4.46. The maximum atomic E-state index is 14.2. The largest absolute Gasteiger partial charge is 0.469 e. The Labute approximate surface area is 159 Å². The molecule has 0 N–H and O–H groups in total. The normalized spacial score (nSPS) is 26.4. The fraction of sp³-hybridized carbons (Fsp3) is 0.421. The summed E-state index contributed by atoms with van der Waals surface area (Å²) >= 11 is 1.43. The van der Waals surface area contributed by atoms with Gasteiger partial charge in [0.1, 0.15) is 0 Å². The van der Waals surface area contributed by atoms with Gasteiger partial charge in [0.15, 0.2) is 11.6 Å². The zero-order chi connectivity index (χ0) is 19.2. The minimum Gasteiger partial charge on any atom is -0.469 e. The Morgan fingerprint density at radius 2 is 2.19 bits per heavy atom. The molecule has 1 aromatic heterocycles. The molecule has 5 nitrogen and oxygen atoms in total. The molecule has 0 spiro atoms. The summed E-state index contributed by atoms with van der Waals surface area (Å²) in [6.45, 7) is 0. The van der Waals surface area contributed by atoms with E-state index >= 15 is 0 Å². The molecule has 1 amide bonds. The predicted molar refractivity (Wildman–Crippen MR) is 94.2 cm³/mol. The first-order valence-electron chi connectivity index (χ1n) is 8.70.